The van der Waals surface area contributed by atoms with Crippen molar-refractivity contribution in [2.75, 3.05) is 26.3 Å². The fourth-order valence-corrected chi connectivity index (χ4v) is 2.22. The van der Waals surface area contributed by atoms with E-state index in [4.69, 9.17) is 0 Å². The standard InChI is InChI=1S/C8H15BrFN/c9-8-3-1-5-11(7-8)6-2-4-10/h8H,1-7H2. The molecule has 0 saturated carbocycles. The lowest BCUT2D eigenvalue weighted by Crippen LogP contribution is -2.36. The SMILES string of the molecule is FCCCN1CCCC(Br)C1. The van der Waals surface area contributed by atoms with Gasteiger partial charge in [-0.25, -0.2) is 0 Å². The molecule has 0 N–H and O–H groups in total. The molecular weight excluding hydrogens is 209 g/mol. The zero-order valence-electron chi connectivity index (χ0n) is 6.73. The summed E-state index contributed by atoms with van der Waals surface area (Å²) in [6, 6.07) is 0. The van der Waals surface area contributed by atoms with Gasteiger partial charge >= 0.3 is 0 Å². The van der Waals surface area contributed by atoms with E-state index in [0.717, 1.165) is 19.6 Å². The van der Waals surface area contributed by atoms with E-state index >= 15 is 0 Å². The van der Waals surface area contributed by atoms with E-state index in [9.17, 15) is 4.39 Å². The minimum Gasteiger partial charge on any atom is -0.302 e. The highest BCUT2D eigenvalue weighted by molar-refractivity contribution is 9.09. The fourth-order valence-electron chi connectivity index (χ4n) is 1.49. The first-order chi connectivity index (χ1) is 5.33. The molecule has 1 atom stereocenters. The number of piperidine rings is 1. The van der Waals surface area contributed by atoms with Gasteiger partial charge in [0.2, 0.25) is 0 Å². The molecule has 0 aromatic heterocycles. The lowest BCUT2D eigenvalue weighted by atomic mass is 10.1. The Morgan fingerprint density at radius 2 is 2.36 bits per heavy atom. The molecule has 1 fully saturated rings. The van der Waals surface area contributed by atoms with Crippen LogP contribution in [0.1, 0.15) is 19.3 Å². The second kappa shape index (κ2) is 5.09. The maximum Gasteiger partial charge on any atom is 0.0906 e. The van der Waals surface area contributed by atoms with Crippen LogP contribution < -0.4 is 0 Å². The van der Waals surface area contributed by atoms with Crippen molar-refractivity contribution < 1.29 is 4.39 Å². The van der Waals surface area contributed by atoms with Gasteiger partial charge in [-0.2, -0.15) is 0 Å². The van der Waals surface area contributed by atoms with Crippen LogP contribution in [0.15, 0.2) is 0 Å². The van der Waals surface area contributed by atoms with Gasteiger partial charge in [0, 0.05) is 17.9 Å². The van der Waals surface area contributed by atoms with Gasteiger partial charge in [-0.1, -0.05) is 15.9 Å². The number of hydrogen-bond donors (Lipinski definition) is 0. The van der Waals surface area contributed by atoms with Crippen LogP contribution in [0.5, 0.6) is 0 Å². The van der Waals surface area contributed by atoms with Gasteiger partial charge in [0.25, 0.3) is 0 Å². The Hall–Kier alpha value is 0.370. The molecule has 1 unspecified atom stereocenters. The summed E-state index contributed by atoms with van der Waals surface area (Å²) in [5.41, 5.74) is 0. The van der Waals surface area contributed by atoms with E-state index in [0.29, 0.717) is 11.2 Å². The zero-order chi connectivity index (χ0) is 8.10. The van der Waals surface area contributed by atoms with Crippen molar-refractivity contribution in [2.45, 2.75) is 24.1 Å². The topological polar surface area (TPSA) is 3.24 Å². The lowest BCUT2D eigenvalue weighted by Gasteiger charge is -2.29. The van der Waals surface area contributed by atoms with Crippen LogP contribution in [0.3, 0.4) is 0 Å². The predicted octanol–water partition coefficient (Wildman–Crippen LogP) is 2.21. The smallest absolute Gasteiger partial charge is 0.0906 e. The van der Waals surface area contributed by atoms with Crippen molar-refractivity contribution in [1.82, 2.24) is 4.90 Å². The summed E-state index contributed by atoms with van der Waals surface area (Å²) < 4.78 is 11.8. The Labute approximate surface area is 76.1 Å². The average Bonchev–Trinajstić information content (AvgIpc) is 2.01. The molecular formula is C8H15BrFN. The summed E-state index contributed by atoms with van der Waals surface area (Å²) in [5.74, 6) is 0. The van der Waals surface area contributed by atoms with Crippen molar-refractivity contribution >= 4 is 15.9 Å². The highest BCUT2D eigenvalue weighted by Gasteiger charge is 2.16. The Morgan fingerprint density at radius 1 is 1.55 bits per heavy atom. The van der Waals surface area contributed by atoms with Gasteiger partial charge in [0.1, 0.15) is 0 Å². The molecule has 0 amide bonds. The third kappa shape index (κ3) is 3.52. The average molecular weight is 224 g/mol. The number of rotatable bonds is 3. The van der Waals surface area contributed by atoms with Gasteiger partial charge in [0.15, 0.2) is 0 Å². The maximum absolute atomic E-state index is 11.8. The van der Waals surface area contributed by atoms with E-state index in [1.54, 1.807) is 0 Å². The van der Waals surface area contributed by atoms with Gasteiger partial charge < -0.3 is 4.90 Å². The molecule has 1 saturated heterocycles. The number of hydrogen-bond acceptors (Lipinski definition) is 1. The summed E-state index contributed by atoms with van der Waals surface area (Å²) in [5, 5.41) is 0. The highest BCUT2D eigenvalue weighted by Crippen LogP contribution is 2.16. The summed E-state index contributed by atoms with van der Waals surface area (Å²) in [4.78, 5) is 2.97. The molecule has 1 aliphatic rings. The minimum atomic E-state index is -0.177. The molecule has 0 aromatic carbocycles. The van der Waals surface area contributed by atoms with E-state index in [-0.39, 0.29) is 6.67 Å². The third-order valence-corrected chi connectivity index (χ3v) is 2.80. The van der Waals surface area contributed by atoms with Crippen LogP contribution >= 0.6 is 15.9 Å². The molecule has 1 heterocycles. The predicted molar refractivity (Wildman–Crippen MR) is 49.0 cm³/mol. The quantitative estimate of drug-likeness (QED) is 0.664. The number of halogens is 2. The van der Waals surface area contributed by atoms with Gasteiger partial charge in [-0.15, -0.1) is 0 Å². The molecule has 1 rings (SSSR count). The summed E-state index contributed by atoms with van der Waals surface area (Å²) >= 11 is 3.59. The normalized spacial score (nSPS) is 27.3. The monoisotopic (exact) mass is 223 g/mol. The molecule has 0 bridgehead atoms. The number of likely N-dealkylation sites (tertiary alicyclic amines) is 1. The molecule has 11 heavy (non-hydrogen) atoms. The van der Waals surface area contributed by atoms with Crippen LogP contribution in [0.2, 0.25) is 0 Å². The summed E-state index contributed by atoms with van der Waals surface area (Å²) in [6.45, 7) is 3.00. The maximum atomic E-state index is 11.8. The lowest BCUT2D eigenvalue weighted by molar-refractivity contribution is 0.225. The Morgan fingerprint density at radius 3 is 3.00 bits per heavy atom. The van der Waals surface area contributed by atoms with Gasteiger partial charge in [-0.05, 0) is 25.8 Å². The van der Waals surface area contributed by atoms with Crippen LogP contribution in [-0.2, 0) is 0 Å². The molecule has 1 nitrogen and oxygen atoms in total. The minimum absolute atomic E-state index is 0.177. The first kappa shape index (κ1) is 9.46. The Balaban J connectivity index is 2.12. The van der Waals surface area contributed by atoms with Crippen molar-refractivity contribution in [3.05, 3.63) is 0 Å². The highest BCUT2D eigenvalue weighted by atomic mass is 79.9. The molecule has 0 spiro atoms. The van der Waals surface area contributed by atoms with Crippen molar-refractivity contribution in [3.8, 4) is 0 Å². The fraction of sp³-hybridized carbons (Fsp3) is 1.00. The van der Waals surface area contributed by atoms with Gasteiger partial charge in [-0.3, -0.25) is 4.39 Å². The second-order valence-corrected chi connectivity index (χ2v) is 4.38. The summed E-state index contributed by atoms with van der Waals surface area (Å²) in [6.07, 6.45) is 3.22. The molecule has 3 heteroatoms. The molecule has 0 aliphatic carbocycles. The Bertz CT molecular complexity index is 110. The molecule has 1 aliphatic heterocycles. The van der Waals surface area contributed by atoms with E-state index in [1.807, 2.05) is 0 Å². The first-order valence-electron chi connectivity index (χ1n) is 4.25. The van der Waals surface area contributed by atoms with Crippen LogP contribution in [0.25, 0.3) is 0 Å². The Kier molecular flexibility index (Phi) is 4.38. The van der Waals surface area contributed by atoms with Crippen LogP contribution in [0, 0.1) is 0 Å². The zero-order valence-corrected chi connectivity index (χ0v) is 8.32. The van der Waals surface area contributed by atoms with Crippen molar-refractivity contribution in [3.63, 3.8) is 0 Å². The molecule has 66 valence electrons. The van der Waals surface area contributed by atoms with E-state index < -0.39 is 0 Å². The summed E-state index contributed by atoms with van der Waals surface area (Å²) in [7, 11) is 0. The van der Waals surface area contributed by atoms with E-state index in [2.05, 4.69) is 20.8 Å². The van der Waals surface area contributed by atoms with E-state index in [1.165, 1.54) is 12.8 Å². The molecule has 0 radical (unpaired) electrons. The number of nitrogens with zero attached hydrogens (tertiary/aromatic N) is 1. The third-order valence-electron chi connectivity index (χ3n) is 2.06. The number of alkyl halides is 2. The van der Waals surface area contributed by atoms with Crippen molar-refractivity contribution in [1.29, 1.82) is 0 Å². The van der Waals surface area contributed by atoms with Crippen LogP contribution in [-0.4, -0.2) is 36.0 Å². The van der Waals surface area contributed by atoms with Crippen LogP contribution in [0.4, 0.5) is 4.39 Å². The molecule has 0 aromatic rings. The van der Waals surface area contributed by atoms with Gasteiger partial charge in [0.05, 0.1) is 6.67 Å². The second-order valence-electron chi connectivity index (χ2n) is 3.08. The largest absolute Gasteiger partial charge is 0.302 e. The van der Waals surface area contributed by atoms with Crippen molar-refractivity contribution in [2.24, 2.45) is 0 Å². The first-order valence-corrected chi connectivity index (χ1v) is 5.17.